The molecule has 0 aliphatic carbocycles. The Morgan fingerprint density at radius 1 is 1.65 bits per heavy atom. The normalized spacial score (nSPS) is 13.5. The number of carbonyl (C=O) groups is 1. The number of H-pyrrole nitrogens is 1. The zero-order valence-corrected chi connectivity index (χ0v) is 10.8. The van der Waals surface area contributed by atoms with Gasteiger partial charge in [-0.1, -0.05) is 0 Å². The van der Waals surface area contributed by atoms with Crippen molar-refractivity contribution in [3.63, 3.8) is 0 Å². The van der Waals surface area contributed by atoms with Crippen LogP contribution in [0.5, 0.6) is 0 Å². The summed E-state index contributed by atoms with van der Waals surface area (Å²) in [5.74, 6) is -0.592. The van der Waals surface area contributed by atoms with E-state index in [4.69, 9.17) is 5.11 Å². The zero-order valence-electron chi connectivity index (χ0n) is 9.21. The second kappa shape index (κ2) is 6.08. The van der Waals surface area contributed by atoms with Gasteiger partial charge in [0.25, 0.3) is 0 Å². The fourth-order valence-corrected chi connectivity index (χ4v) is 2.87. The first-order valence-electron chi connectivity index (χ1n) is 4.84. The summed E-state index contributed by atoms with van der Waals surface area (Å²) in [6.45, 7) is 0. The van der Waals surface area contributed by atoms with Crippen molar-refractivity contribution < 1.29 is 18.3 Å². The van der Waals surface area contributed by atoms with Gasteiger partial charge in [0.05, 0.1) is 4.90 Å². The van der Waals surface area contributed by atoms with Crippen LogP contribution in [-0.2, 0) is 14.8 Å². The molecule has 1 aromatic heterocycles. The van der Waals surface area contributed by atoms with Gasteiger partial charge in [-0.2, -0.15) is 16.5 Å². The van der Waals surface area contributed by atoms with E-state index in [1.807, 2.05) is 6.26 Å². The number of hydrogen-bond donors (Lipinski definition) is 3. The molecule has 0 bridgehead atoms. The summed E-state index contributed by atoms with van der Waals surface area (Å²) >= 11 is 1.47. The van der Waals surface area contributed by atoms with Crippen LogP contribution < -0.4 is 4.72 Å². The van der Waals surface area contributed by atoms with Gasteiger partial charge in [0, 0.05) is 12.4 Å². The SMILES string of the molecule is CSCC[C@@H](NS(=O)(=O)c1cc[nH]c1)C(=O)O. The van der Waals surface area contributed by atoms with Crippen molar-refractivity contribution in [3.8, 4) is 0 Å². The van der Waals surface area contributed by atoms with E-state index in [-0.39, 0.29) is 11.3 Å². The van der Waals surface area contributed by atoms with Crippen molar-refractivity contribution in [3.05, 3.63) is 18.5 Å². The summed E-state index contributed by atoms with van der Waals surface area (Å²) in [7, 11) is -3.76. The molecule has 0 aliphatic rings. The number of hydrogen-bond acceptors (Lipinski definition) is 4. The fourth-order valence-electron chi connectivity index (χ4n) is 1.20. The van der Waals surface area contributed by atoms with E-state index in [0.29, 0.717) is 5.75 Å². The van der Waals surface area contributed by atoms with Gasteiger partial charge in [-0.25, -0.2) is 8.42 Å². The van der Waals surface area contributed by atoms with Crippen LogP contribution in [0.1, 0.15) is 6.42 Å². The number of aliphatic carboxylic acids is 1. The van der Waals surface area contributed by atoms with Crippen molar-refractivity contribution >= 4 is 27.8 Å². The molecule has 0 unspecified atom stereocenters. The van der Waals surface area contributed by atoms with Crippen LogP contribution in [-0.4, -0.2) is 42.5 Å². The van der Waals surface area contributed by atoms with Gasteiger partial charge in [-0.15, -0.1) is 0 Å². The second-order valence-corrected chi connectivity index (χ2v) is 6.04. The lowest BCUT2D eigenvalue weighted by atomic mass is 10.2. The van der Waals surface area contributed by atoms with Crippen LogP contribution >= 0.6 is 11.8 Å². The van der Waals surface area contributed by atoms with Gasteiger partial charge >= 0.3 is 5.97 Å². The molecule has 96 valence electrons. The van der Waals surface area contributed by atoms with Crippen molar-refractivity contribution in [1.82, 2.24) is 9.71 Å². The molecule has 8 heteroatoms. The Labute approximate surface area is 104 Å². The molecule has 0 aliphatic heterocycles. The highest BCUT2D eigenvalue weighted by Crippen LogP contribution is 2.09. The molecule has 1 heterocycles. The van der Waals surface area contributed by atoms with Crippen LogP contribution in [0, 0.1) is 0 Å². The molecule has 0 aromatic carbocycles. The first-order valence-corrected chi connectivity index (χ1v) is 7.72. The third-order valence-corrected chi connectivity index (χ3v) is 4.20. The number of aromatic amines is 1. The fraction of sp³-hybridized carbons (Fsp3) is 0.444. The van der Waals surface area contributed by atoms with Crippen LogP contribution in [0.2, 0.25) is 0 Å². The predicted molar refractivity (Wildman–Crippen MR) is 65.5 cm³/mol. The highest BCUT2D eigenvalue weighted by Gasteiger charge is 2.24. The Kier molecular flexibility index (Phi) is 5.03. The Balaban J connectivity index is 2.76. The lowest BCUT2D eigenvalue weighted by Gasteiger charge is -2.13. The second-order valence-electron chi connectivity index (χ2n) is 3.34. The van der Waals surface area contributed by atoms with Gasteiger partial charge < -0.3 is 10.1 Å². The summed E-state index contributed by atoms with van der Waals surface area (Å²) in [5.41, 5.74) is 0. The lowest BCUT2D eigenvalue weighted by Crippen LogP contribution is -2.40. The largest absolute Gasteiger partial charge is 0.480 e. The molecule has 0 spiro atoms. The van der Waals surface area contributed by atoms with E-state index in [1.54, 1.807) is 0 Å². The molecular weight excluding hydrogens is 264 g/mol. The lowest BCUT2D eigenvalue weighted by molar-refractivity contribution is -0.139. The summed E-state index contributed by atoms with van der Waals surface area (Å²) in [6, 6.07) is 0.276. The maximum atomic E-state index is 11.8. The van der Waals surface area contributed by atoms with Gasteiger partial charge in [0.2, 0.25) is 10.0 Å². The molecule has 17 heavy (non-hydrogen) atoms. The number of aromatic nitrogens is 1. The molecule has 0 saturated heterocycles. The minimum absolute atomic E-state index is 0.0351. The van der Waals surface area contributed by atoms with E-state index in [9.17, 15) is 13.2 Å². The van der Waals surface area contributed by atoms with Crippen LogP contribution in [0.25, 0.3) is 0 Å². The Bertz CT molecular complexity index is 455. The minimum atomic E-state index is -3.76. The monoisotopic (exact) mass is 278 g/mol. The van der Waals surface area contributed by atoms with E-state index < -0.39 is 22.0 Å². The summed E-state index contributed by atoms with van der Waals surface area (Å²) in [4.78, 5) is 13.6. The molecule has 6 nitrogen and oxygen atoms in total. The number of rotatable bonds is 7. The third-order valence-electron chi connectivity index (χ3n) is 2.09. The molecule has 0 amide bonds. The van der Waals surface area contributed by atoms with E-state index in [0.717, 1.165) is 0 Å². The molecule has 0 fully saturated rings. The van der Waals surface area contributed by atoms with Crippen molar-refractivity contribution in [1.29, 1.82) is 0 Å². The third kappa shape index (κ3) is 4.06. The number of nitrogens with one attached hydrogen (secondary N) is 2. The van der Waals surface area contributed by atoms with Gasteiger partial charge in [-0.05, 0) is 24.5 Å². The number of thioether (sulfide) groups is 1. The molecule has 0 radical (unpaired) electrons. The maximum absolute atomic E-state index is 11.8. The summed E-state index contributed by atoms with van der Waals surface area (Å²) in [5, 5.41) is 8.92. The van der Waals surface area contributed by atoms with E-state index in [2.05, 4.69) is 9.71 Å². The smallest absolute Gasteiger partial charge is 0.321 e. The first-order chi connectivity index (χ1) is 7.97. The quantitative estimate of drug-likeness (QED) is 0.674. The topological polar surface area (TPSA) is 99.3 Å². The maximum Gasteiger partial charge on any atom is 0.321 e. The molecule has 3 N–H and O–H groups in total. The summed E-state index contributed by atoms with van der Waals surface area (Å²) < 4.78 is 25.7. The molecule has 1 rings (SSSR count). The highest BCUT2D eigenvalue weighted by atomic mass is 32.2. The molecule has 1 atom stereocenters. The first kappa shape index (κ1) is 14.1. The molecule has 0 saturated carbocycles. The van der Waals surface area contributed by atoms with Crippen LogP contribution in [0.15, 0.2) is 23.4 Å². The van der Waals surface area contributed by atoms with Crippen LogP contribution in [0.3, 0.4) is 0 Å². The van der Waals surface area contributed by atoms with E-state index in [1.165, 1.54) is 30.2 Å². The Morgan fingerprint density at radius 3 is 2.82 bits per heavy atom. The average molecular weight is 278 g/mol. The van der Waals surface area contributed by atoms with E-state index >= 15 is 0 Å². The van der Waals surface area contributed by atoms with Gasteiger partial charge in [-0.3, -0.25) is 4.79 Å². The predicted octanol–water partition coefficient (Wildman–Crippen LogP) is 0.499. The van der Waals surface area contributed by atoms with Crippen molar-refractivity contribution in [2.45, 2.75) is 17.4 Å². The van der Waals surface area contributed by atoms with Crippen molar-refractivity contribution in [2.75, 3.05) is 12.0 Å². The summed E-state index contributed by atoms with van der Waals surface area (Å²) in [6.07, 6.45) is 4.85. The molecule has 1 aromatic rings. The Hall–Kier alpha value is -0.990. The van der Waals surface area contributed by atoms with Gasteiger partial charge in [0.1, 0.15) is 6.04 Å². The Morgan fingerprint density at radius 2 is 2.35 bits per heavy atom. The zero-order chi connectivity index (χ0) is 12.9. The average Bonchev–Trinajstić information content (AvgIpc) is 2.77. The number of carboxylic acids is 1. The van der Waals surface area contributed by atoms with Crippen LogP contribution in [0.4, 0.5) is 0 Å². The van der Waals surface area contributed by atoms with Gasteiger partial charge in [0.15, 0.2) is 0 Å². The number of sulfonamides is 1. The number of carboxylic acid groups (broad SMARTS) is 1. The standard InChI is InChI=1S/C9H14N2O4S2/c1-16-5-3-8(9(12)13)11-17(14,15)7-2-4-10-6-7/h2,4,6,8,10-11H,3,5H2,1H3,(H,12,13)/t8-/m1/s1. The van der Waals surface area contributed by atoms with Crippen molar-refractivity contribution in [2.24, 2.45) is 0 Å². The minimum Gasteiger partial charge on any atom is -0.480 e. The molecular formula is C9H14N2O4S2. The highest BCUT2D eigenvalue weighted by molar-refractivity contribution is 7.98.